The van der Waals surface area contributed by atoms with Crippen molar-refractivity contribution in [3.05, 3.63) is 24.3 Å². The van der Waals surface area contributed by atoms with Crippen molar-refractivity contribution in [2.45, 2.75) is 18.9 Å². The van der Waals surface area contributed by atoms with E-state index in [0.717, 1.165) is 31.9 Å². The van der Waals surface area contributed by atoms with E-state index in [-0.39, 0.29) is 23.5 Å². The third-order valence-electron chi connectivity index (χ3n) is 5.54. The number of nitrogens with zero attached hydrogens (tertiary/aromatic N) is 3. The molecular weight excluding hydrogens is 364 g/mol. The van der Waals surface area contributed by atoms with E-state index in [1.165, 1.54) is 5.69 Å². The molecule has 1 aromatic carbocycles. The zero-order valence-electron chi connectivity index (χ0n) is 16.2. The lowest BCUT2D eigenvalue weighted by Gasteiger charge is -2.34. The van der Waals surface area contributed by atoms with Crippen molar-refractivity contribution >= 4 is 27.1 Å². The number of carbonyl (C=O) groups excluding carboxylic acids is 1. The molecule has 0 aliphatic carbocycles. The predicted molar refractivity (Wildman–Crippen MR) is 109 cm³/mol. The summed E-state index contributed by atoms with van der Waals surface area (Å²) in [5, 5.41) is 2.93. The average molecular weight is 395 g/mol. The number of likely N-dealkylation sites (N-methyl/N-ethyl adjacent to an activating group) is 1. The molecule has 1 atom stereocenters. The highest BCUT2D eigenvalue weighted by atomic mass is 32.2. The van der Waals surface area contributed by atoms with Gasteiger partial charge in [-0.3, -0.25) is 4.79 Å². The molecule has 27 heavy (non-hydrogen) atoms. The maximum Gasteiger partial charge on any atom is 0.225 e. The molecule has 1 aromatic rings. The molecule has 2 heterocycles. The Balaban J connectivity index is 1.44. The molecule has 0 saturated carbocycles. The van der Waals surface area contributed by atoms with E-state index in [2.05, 4.69) is 34.3 Å². The Kier molecular flexibility index (Phi) is 6.39. The van der Waals surface area contributed by atoms with Gasteiger partial charge in [-0.2, -0.15) is 0 Å². The second-order valence-electron chi connectivity index (χ2n) is 7.67. The van der Waals surface area contributed by atoms with Gasteiger partial charge in [-0.05, 0) is 44.8 Å². The Morgan fingerprint density at radius 2 is 1.85 bits per heavy atom. The number of benzene rings is 1. The van der Waals surface area contributed by atoms with Crippen molar-refractivity contribution in [3.8, 4) is 0 Å². The average Bonchev–Trinajstić information content (AvgIpc) is 3.01. The largest absolute Gasteiger partial charge is 0.369 e. The van der Waals surface area contributed by atoms with Gasteiger partial charge >= 0.3 is 0 Å². The Bertz CT molecular complexity index is 743. The lowest BCUT2D eigenvalue weighted by atomic mass is 10.2. The molecule has 8 heteroatoms. The van der Waals surface area contributed by atoms with E-state index in [9.17, 15) is 13.2 Å². The molecule has 2 aliphatic heterocycles. The molecular formula is C19H30N4O3S. The number of nitrogens with one attached hydrogen (secondary N) is 1. The molecule has 3 rings (SSSR count). The molecule has 0 aromatic heterocycles. The van der Waals surface area contributed by atoms with Gasteiger partial charge in [0.25, 0.3) is 0 Å². The van der Waals surface area contributed by atoms with Gasteiger partial charge in [0.15, 0.2) is 9.84 Å². The minimum atomic E-state index is -2.89. The quantitative estimate of drug-likeness (QED) is 0.772. The van der Waals surface area contributed by atoms with Crippen LogP contribution in [0.4, 0.5) is 11.4 Å². The molecule has 1 unspecified atom stereocenters. The van der Waals surface area contributed by atoms with Crippen molar-refractivity contribution in [2.75, 3.05) is 68.5 Å². The SMILES string of the molecule is CN1CCN(c2ccc(NC(=O)CCN(C)C3CCS(=O)(=O)C3)cc2)CC1. The number of amides is 1. The van der Waals surface area contributed by atoms with Gasteiger partial charge in [0.2, 0.25) is 5.91 Å². The Morgan fingerprint density at radius 3 is 2.44 bits per heavy atom. The van der Waals surface area contributed by atoms with Gasteiger partial charge in [0.1, 0.15) is 0 Å². The highest BCUT2D eigenvalue weighted by Crippen LogP contribution is 2.20. The summed E-state index contributed by atoms with van der Waals surface area (Å²) in [6.07, 6.45) is 1.02. The monoisotopic (exact) mass is 394 g/mol. The molecule has 1 amide bonds. The fourth-order valence-corrected chi connectivity index (χ4v) is 5.43. The molecule has 2 aliphatic rings. The fourth-order valence-electron chi connectivity index (χ4n) is 3.63. The lowest BCUT2D eigenvalue weighted by molar-refractivity contribution is -0.116. The van der Waals surface area contributed by atoms with Gasteiger partial charge in [-0.25, -0.2) is 8.42 Å². The first-order chi connectivity index (χ1) is 12.8. The zero-order chi connectivity index (χ0) is 19.4. The summed E-state index contributed by atoms with van der Waals surface area (Å²) in [4.78, 5) is 18.9. The zero-order valence-corrected chi connectivity index (χ0v) is 17.0. The van der Waals surface area contributed by atoms with E-state index in [0.29, 0.717) is 19.4 Å². The van der Waals surface area contributed by atoms with Crippen molar-refractivity contribution in [1.29, 1.82) is 0 Å². The van der Waals surface area contributed by atoms with Crippen molar-refractivity contribution in [3.63, 3.8) is 0 Å². The van der Waals surface area contributed by atoms with Crippen LogP contribution in [0.5, 0.6) is 0 Å². The molecule has 0 bridgehead atoms. The van der Waals surface area contributed by atoms with Gasteiger partial charge in [-0.1, -0.05) is 0 Å². The van der Waals surface area contributed by atoms with Crippen LogP contribution < -0.4 is 10.2 Å². The summed E-state index contributed by atoms with van der Waals surface area (Å²) in [5.74, 6) is 0.419. The van der Waals surface area contributed by atoms with Crippen LogP contribution >= 0.6 is 0 Å². The normalized spacial score (nSPS) is 22.9. The minimum absolute atomic E-state index is 0.0330. The number of hydrogen-bond donors (Lipinski definition) is 1. The summed E-state index contributed by atoms with van der Waals surface area (Å²) in [6.45, 7) is 4.73. The first-order valence-electron chi connectivity index (χ1n) is 9.56. The lowest BCUT2D eigenvalue weighted by Crippen LogP contribution is -2.44. The molecule has 2 saturated heterocycles. The Labute approximate surface area is 162 Å². The van der Waals surface area contributed by atoms with E-state index < -0.39 is 9.84 Å². The third kappa shape index (κ3) is 5.67. The maximum atomic E-state index is 12.2. The number of anilines is 2. The molecule has 7 nitrogen and oxygen atoms in total. The van der Waals surface area contributed by atoms with Crippen molar-refractivity contribution in [1.82, 2.24) is 9.80 Å². The van der Waals surface area contributed by atoms with Crippen molar-refractivity contribution < 1.29 is 13.2 Å². The minimum Gasteiger partial charge on any atom is -0.369 e. The molecule has 0 spiro atoms. The second-order valence-corrected chi connectivity index (χ2v) is 9.90. The van der Waals surface area contributed by atoms with Crippen LogP contribution in [0.15, 0.2) is 24.3 Å². The predicted octanol–water partition coefficient (Wildman–Crippen LogP) is 0.886. The van der Waals surface area contributed by atoms with E-state index in [4.69, 9.17) is 0 Å². The van der Waals surface area contributed by atoms with E-state index in [1.807, 2.05) is 24.1 Å². The van der Waals surface area contributed by atoms with Crippen LogP contribution in [0.25, 0.3) is 0 Å². The Morgan fingerprint density at radius 1 is 1.19 bits per heavy atom. The maximum absolute atomic E-state index is 12.2. The van der Waals surface area contributed by atoms with Crippen LogP contribution in [0.2, 0.25) is 0 Å². The highest BCUT2D eigenvalue weighted by Gasteiger charge is 2.30. The summed E-state index contributed by atoms with van der Waals surface area (Å²) in [5.41, 5.74) is 1.98. The van der Waals surface area contributed by atoms with Gasteiger partial charge < -0.3 is 20.0 Å². The van der Waals surface area contributed by atoms with Crippen molar-refractivity contribution in [2.24, 2.45) is 0 Å². The van der Waals surface area contributed by atoms with Crippen LogP contribution in [-0.2, 0) is 14.6 Å². The second kappa shape index (κ2) is 8.58. The van der Waals surface area contributed by atoms with E-state index in [1.54, 1.807) is 0 Å². The first-order valence-corrected chi connectivity index (χ1v) is 11.4. The summed E-state index contributed by atoms with van der Waals surface area (Å²) in [6, 6.07) is 8.02. The van der Waals surface area contributed by atoms with Crippen LogP contribution in [0, 0.1) is 0 Å². The molecule has 2 fully saturated rings. The molecule has 0 radical (unpaired) electrons. The van der Waals surface area contributed by atoms with E-state index >= 15 is 0 Å². The van der Waals surface area contributed by atoms with Gasteiger partial charge in [0.05, 0.1) is 11.5 Å². The summed E-state index contributed by atoms with van der Waals surface area (Å²) < 4.78 is 23.1. The van der Waals surface area contributed by atoms with Gasteiger partial charge in [-0.15, -0.1) is 0 Å². The van der Waals surface area contributed by atoms with Crippen LogP contribution in [0.3, 0.4) is 0 Å². The summed E-state index contributed by atoms with van der Waals surface area (Å²) in [7, 11) is 1.14. The number of rotatable bonds is 6. The standard InChI is InChI=1S/C19H30N4O3S/c1-21-10-12-23(13-11-21)17-5-3-16(4-6-17)20-19(24)7-9-22(2)18-8-14-27(25,26)15-18/h3-6,18H,7-15H2,1-2H3,(H,20,24). The molecule has 1 N–H and O–H groups in total. The first kappa shape index (κ1) is 20.1. The topological polar surface area (TPSA) is 73.0 Å². The van der Waals surface area contributed by atoms with Crippen LogP contribution in [-0.4, -0.2) is 88.5 Å². The van der Waals surface area contributed by atoms with Crippen LogP contribution in [0.1, 0.15) is 12.8 Å². The fraction of sp³-hybridized carbons (Fsp3) is 0.632. The third-order valence-corrected chi connectivity index (χ3v) is 7.29. The smallest absolute Gasteiger partial charge is 0.225 e. The molecule has 150 valence electrons. The number of hydrogen-bond acceptors (Lipinski definition) is 6. The summed E-state index contributed by atoms with van der Waals surface area (Å²) >= 11 is 0. The highest BCUT2D eigenvalue weighted by molar-refractivity contribution is 7.91. The number of piperazine rings is 1. The Hall–Kier alpha value is -1.64. The number of carbonyl (C=O) groups is 1. The van der Waals surface area contributed by atoms with Gasteiger partial charge in [0, 0.05) is 56.6 Å². The number of sulfone groups is 1.